The number of nitrogens with one attached hydrogen (secondary N) is 2. The molecule has 3 rings (SSSR count). The molecular formula is C21H22N4O. The lowest BCUT2D eigenvalue weighted by molar-refractivity contribution is 0.102. The summed E-state index contributed by atoms with van der Waals surface area (Å²) in [4.78, 5) is 21.2. The third-order valence-corrected chi connectivity index (χ3v) is 4.04. The molecule has 0 saturated carbocycles. The van der Waals surface area contributed by atoms with Gasteiger partial charge in [0.25, 0.3) is 5.91 Å². The zero-order valence-electron chi connectivity index (χ0n) is 15.2. The number of aryl methyl sites for hydroxylation is 3. The molecule has 2 aromatic carbocycles. The predicted octanol–water partition coefficient (Wildman–Crippen LogP) is 4.65. The van der Waals surface area contributed by atoms with E-state index in [0.717, 1.165) is 23.4 Å². The smallest absolute Gasteiger partial charge is 0.274 e. The Labute approximate surface area is 153 Å². The van der Waals surface area contributed by atoms with Gasteiger partial charge in [0.05, 0.1) is 0 Å². The Balaban J connectivity index is 1.82. The van der Waals surface area contributed by atoms with Gasteiger partial charge in [-0.15, -0.1) is 0 Å². The number of benzene rings is 2. The third kappa shape index (κ3) is 4.25. The highest BCUT2D eigenvalue weighted by molar-refractivity contribution is 6.03. The molecule has 0 atom stereocenters. The fraction of sp³-hybridized carbons (Fsp3) is 0.190. The van der Waals surface area contributed by atoms with Gasteiger partial charge in [-0.05, 0) is 44.0 Å². The number of carbonyl (C=O) groups excluding carboxylic acids is 1. The number of nitrogens with zero attached hydrogens (tertiary/aromatic N) is 2. The van der Waals surface area contributed by atoms with Crippen LogP contribution >= 0.6 is 0 Å². The van der Waals surface area contributed by atoms with Crippen molar-refractivity contribution in [2.75, 3.05) is 10.6 Å². The van der Waals surface area contributed by atoms with Crippen LogP contribution in [0.3, 0.4) is 0 Å². The topological polar surface area (TPSA) is 66.9 Å². The van der Waals surface area contributed by atoms with Crippen LogP contribution in [-0.4, -0.2) is 15.9 Å². The first-order chi connectivity index (χ1) is 12.5. The molecule has 0 aliphatic carbocycles. The number of aromatic nitrogens is 2. The Bertz CT molecular complexity index is 920. The maximum absolute atomic E-state index is 12.5. The van der Waals surface area contributed by atoms with Gasteiger partial charge in [0.15, 0.2) is 0 Å². The Morgan fingerprint density at radius 1 is 1.00 bits per heavy atom. The van der Waals surface area contributed by atoms with E-state index in [-0.39, 0.29) is 5.91 Å². The monoisotopic (exact) mass is 346 g/mol. The van der Waals surface area contributed by atoms with E-state index in [9.17, 15) is 4.79 Å². The van der Waals surface area contributed by atoms with E-state index in [1.807, 2.05) is 49.4 Å². The standard InChI is InChI=1S/C21H22N4O/c1-4-16-7-5-6-8-18(16)25-20-13-19(22-15(3)23-20)21(26)24-17-11-9-14(2)10-12-17/h5-13H,4H2,1-3H3,(H,24,26)(H,22,23,25). The fourth-order valence-electron chi connectivity index (χ4n) is 2.67. The van der Waals surface area contributed by atoms with Crippen molar-refractivity contribution >= 4 is 23.1 Å². The van der Waals surface area contributed by atoms with Gasteiger partial charge in [-0.3, -0.25) is 4.79 Å². The normalized spacial score (nSPS) is 10.4. The maximum Gasteiger partial charge on any atom is 0.274 e. The first-order valence-corrected chi connectivity index (χ1v) is 8.64. The van der Waals surface area contributed by atoms with Gasteiger partial charge in [0.2, 0.25) is 0 Å². The van der Waals surface area contributed by atoms with Crippen molar-refractivity contribution in [2.45, 2.75) is 27.2 Å². The van der Waals surface area contributed by atoms with E-state index in [4.69, 9.17) is 0 Å². The average molecular weight is 346 g/mol. The summed E-state index contributed by atoms with van der Waals surface area (Å²) < 4.78 is 0. The second kappa shape index (κ2) is 7.78. The van der Waals surface area contributed by atoms with Crippen molar-refractivity contribution in [3.05, 3.63) is 77.2 Å². The van der Waals surface area contributed by atoms with E-state index < -0.39 is 0 Å². The number of amides is 1. The molecule has 0 fully saturated rings. The summed E-state index contributed by atoms with van der Waals surface area (Å²) >= 11 is 0. The molecule has 0 spiro atoms. The molecule has 132 valence electrons. The first-order valence-electron chi connectivity index (χ1n) is 8.64. The van der Waals surface area contributed by atoms with Crippen molar-refractivity contribution in [1.82, 2.24) is 9.97 Å². The lowest BCUT2D eigenvalue weighted by Gasteiger charge is -2.12. The maximum atomic E-state index is 12.5. The minimum atomic E-state index is -0.258. The molecule has 0 saturated heterocycles. The van der Waals surface area contributed by atoms with Crippen LogP contribution in [0.4, 0.5) is 17.2 Å². The van der Waals surface area contributed by atoms with Gasteiger partial charge in [-0.2, -0.15) is 0 Å². The van der Waals surface area contributed by atoms with Crippen LogP contribution < -0.4 is 10.6 Å². The summed E-state index contributed by atoms with van der Waals surface area (Å²) in [5.41, 5.74) is 4.38. The van der Waals surface area contributed by atoms with Crippen molar-refractivity contribution < 1.29 is 4.79 Å². The summed E-state index contributed by atoms with van der Waals surface area (Å²) in [5, 5.41) is 6.17. The largest absolute Gasteiger partial charge is 0.340 e. The molecule has 5 heteroatoms. The van der Waals surface area contributed by atoms with Crippen LogP contribution in [0.1, 0.15) is 34.4 Å². The summed E-state index contributed by atoms with van der Waals surface area (Å²) in [7, 11) is 0. The van der Waals surface area contributed by atoms with Gasteiger partial charge >= 0.3 is 0 Å². The number of rotatable bonds is 5. The zero-order valence-corrected chi connectivity index (χ0v) is 15.2. The highest BCUT2D eigenvalue weighted by atomic mass is 16.1. The molecule has 1 aromatic heterocycles. The molecule has 0 bridgehead atoms. The van der Waals surface area contributed by atoms with Crippen LogP contribution in [0.15, 0.2) is 54.6 Å². The molecule has 1 heterocycles. The Hall–Kier alpha value is -3.21. The second-order valence-electron chi connectivity index (χ2n) is 6.14. The molecule has 0 aliphatic rings. The van der Waals surface area contributed by atoms with E-state index in [1.54, 1.807) is 13.0 Å². The fourth-order valence-corrected chi connectivity index (χ4v) is 2.67. The zero-order chi connectivity index (χ0) is 18.5. The molecule has 26 heavy (non-hydrogen) atoms. The molecule has 0 aliphatic heterocycles. The number of hydrogen-bond donors (Lipinski definition) is 2. The van der Waals surface area contributed by atoms with Crippen molar-refractivity contribution in [3.8, 4) is 0 Å². The van der Waals surface area contributed by atoms with Gasteiger partial charge < -0.3 is 10.6 Å². The lowest BCUT2D eigenvalue weighted by Crippen LogP contribution is -2.15. The summed E-state index contributed by atoms with van der Waals surface area (Å²) in [6, 6.07) is 17.4. The highest BCUT2D eigenvalue weighted by Crippen LogP contribution is 2.21. The Kier molecular flexibility index (Phi) is 5.27. The molecule has 5 nitrogen and oxygen atoms in total. The van der Waals surface area contributed by atoms with Crippen molar-refractivity contribution in [1.29, 1.82) is 0 Å². The van der Waals surface area contributed by atoms with Gasteiger partial charge in [-0.1, -0.05) is 42.8 Å². The van der Waals surface area contributed by atoms with E-state index in [1.165, 1.54) is 5.56 Å². The Morgan fingerprint density at radius 3 is 2.46 bits per heavy atom. The average Bonchev–Trinajstić information content (AvgIpc) is 2.63. The van der Waals surface area contributed by atoms with E-state index >= 15 is 0 Å². The number of carbonyl (C=O) groups is 1. The number of hydrogen-bond acceptors (Lipinski definition) is 4. The third-order valence-electron chi connectivity index (χ3n) is 4.04. The summed E-state index contributed by atoms with van der Waals surface area (Å²) in [6.45, 7) is 5.89. The van der Waals surface area contributed by atoms with Gasteiger partial charge in [0, 0.05) is 17.4 Å². The van der Waals surface area contributed by atoms with Crippen LogP contribution in [-0.2, 0) is 6.42 Å². The minimum Gasteiger partial charge on any atom is -0.340 e. The molecule has 2 N–H and O–H groups in total. The van der Waals surface area contributed by atoms with E-state index in [2.05, 4.69) is 33.6 Å². The summed E-state index contributed by atoms with van der Waals surface area (Å²) in [6.07, 6.45) is 0.911. The minimum absolute atomic E-state index is 0.258. The first kappa shape index (κ1) is 17.6. The van der Waals surface area contributed by atoms with Crippen LogP contribution in [0.25, 0.3) is 0 Å². The SMILES string of the molecule is CCc1ccccc1Nc1cc(C(=O)Nc2ccc(C)cc2)nc(C)n1. The van der Waals surface area contributed by atoms with Crippen LogP contribution in [0.2, 0.25) is 0 Å². The Morgan fingerprint density at radius 2 is 1.73 bits per heavy atom. The quantitative estimate of drug-likeness (QED) is 0.705. The van der Waals surface area contributed by atoms with Gasteiger partial charge in [-0.25, -0.2) is 9.97 Å². The molecule has 1 amide bonds. The molecular weight excluding hydrogens is 324 g/mol. The second-order valence-corrected chi connectivity index (χ2v) is 6.14. The molecule has 0 radical (unpaired) electrons. The van der Waals surface area contributed by atoms with E-state index in [0.29, 0.717) is 17.3 Å². The number of anilines is 3. The van der Waals surface area contributed by atoms with Crippen LogP contribution in [0, 0.1) is 13.8 Å². The van der Waals surface area contributed by atoms with Crippen molar-refractivity contribution in [3.63, 3.8) is 0 Å². The number of para-hydroxylation sites is 1. The molecule has 3 aromatic rings. The lowest BCUT2D eigenvalue weighted by atomic mass is 10.1. The summed E-state index contributed by atoms with van der Waals surface area (Å²) in [5.74, 6) is 0.886. The van der Waals surface area contributed by atoms with Gasteiger partial charge in [0.1, 0.15) is 17.3 Å². The van der Waals surface area contributed by atoms with Crippen LogP contribution in [0.5, 0.6) is 0 Å². The molecule has 0 unspecified atom stereocenters. The van der Waals surface area contributed by atoms with Crippen molar-refractivity contribution in [2.24, 2.45) is 0 Å². The predicted molar refractivity (Wildman–Crippen MR) is 105 cm³/mol. The highest BCUT2D eigenvalue weighted by Gasteiger charge is 2.12.